The zero-order valence-electron chi connectivity index (χ0n) is 17.3. The molecule has 4 rings (SSSR count). The second-order valence-corrected chi connectivity index (χ2v) is 9.01. The van der Waals surface area contributed by atoms with Gasteiger partial charge in [0.1, 0.15) is 0 Å². The van der Waals surface area contributed by atoms with Gasteiger partial charge < -0.3 is 10.2 Å². The van der Waals surface area contributed by atoms with Crippen molar-refractivity contribution in [3.8, 4) is 0 Å². The van der Waals surface area contributed by atoms with Gasteiger partial charge in [0, 0.05) is 34.2 Å². The molecule has 0 bridgehead atoms. The second kappa shape index (κ2) is 9.92. The SMILES string of the molecule is CC(=O)Nc1ccc(Cl)cc1.Cc1ccc(C(=O)N2c3ccccc3CC[C@@H]2C)s1. The second-order valence-electron chi connectivity index (χ2n) is 7.29. The van der Waals surface area contributed by atoms with Gasteiger partial charge in [0.2, 0.25) is 5.91 Å². The third-order valence-electron chi connectivity index (χ3n) is 4.86. The van der Waals surface area contributed by atoms with E-state index < -0.39 is 0 Å². The number of halogens is 1. The normalized spacial score (nSPS) is 14.9. The highest BCUT2D eigenvalue weighted by Crippen LogP contribution is 2.32. The van der Waals surface area contributed by atoms with Gasteiger partial charge in [-0.2, -0.15) is 0 Å². The van der Waals surface area contributed by atoms with Crippen LogP contribution in [0.1, 0.15) is 40.4 Å². The molecule has 1 aliphatic rings. The highest BCUT2D eigenvalue weighted by atomic mass is 35.5. The number of nitrogens with one attached hydrogen (secondary N) is 1. The van der Waals surface area contributed by atoms with Crippen LogP contribution in [0.25, 0.3) is 0 Å². The number of benzene rings is 2. The van der Waals surface area contributed by atoms with Crippen molar-refractivity contribution in [2.24, 2.45) is 0 Å². The number of anilines is 2. The molecule has 3 aromatic rings. The lowest BCUT2D eigenvalue weighted by Crippen LogP contribution is -2.41. The number of aryl methyl sites for hydroxylation is 2. The molecule has 2 heterocycles. The number of carbonyl (C=O) groups is 2. The summed E-state index contributed by atoms with van der Waals surface area (Å²) >= 11 is 7.21. The van der Waals surface area contributed by atoms with E-state index in [0.29, 0.717) is 5.02 Å². The van der Waals surface area contributed by atoms with Gasteiger partial charge in [-0.05, 0) is 74.7 Å². The number of amides is 2. The number of hydrogen-bond acceptors (Lipinski definition) is 3. The molecule has 0 saturated carbocycles. The molecule has 0 aliphatic carbocycles. The Bertz CT molecular complexity index is 1030. The molecule has 1 N–H and O–H groups in total. The molecule has 30 heavy (non-hydrogen) atoms. The Morgan fingerprint density at radius 3 is 2.40 bits per heavy atom. The smallest absolute Gasteiger partial charge is 0.268 e. The summed E-state index contributed by atoms with van der Waals surface area (Å²) in [5, 5.41) is 3.30. The Hall–Kier alpha value is -2.63. The Morgan fingerprint density at radius 2 is 1.77 bits per heavy atom. The van der Waals surface area contributed by atoms with Crippen LogP contribution in [0.5, 0.6) is 0 Å². The van der Waals surface area contributed by atoms with Crippen molar-refractivity contribution in [2.75, 3.05) is 10.2 Å². The molecule has 2 amide bonds. The molecule has 1 atom stereocenters. The van der Waals surface area contributed by atoms with Crippen LogP contribution >= 0.6 is 22.9 Å². The molecular weight excluding hydrogens is 416 g/mol. The quantitative estimate of drug-likeness (QED) is 0.505. The van der Waals surface area contributed by atoms with Crippen LogP contribution in [0.15, 0.2) is 60.7 Å². The predicted molar refractivity (Wildman–Crippen MR) is 126 cm³/mol. The van der Waals surface area contributed by atoms with E-state index in [9.17, 15) is 9.59 Å². The van der Waals surface area contributed by atoms with Crippen LogP contribution in [0.3, 0.4) is 0 Å². The van der Waals surface area contributed by atoms with E-state index in [2.05, 4.69) is 24.4 Å². The van der Waals surface area contributed by atoms with E-state index >= 15 is 0 Å². The van der Waals surface area contributed by atoms with Gasteiger partial charge >= 0.3 is 0 Å². The fraction of sp³-hybridized carbons (Fsp3) is 0.250. The van der Waals surface area contributed by atoms with Crippen LogP contribution < -0.4 is 10.2 Å². The van der Waals surface area contributed by atoms with E-state index in [1.807, 2.05) is 36.1 Å². The highest BCUT2D eigenvalue weighted by Gasteiger charge is 2.29. The number of carbonyl (C=O) groups excluding carboxylic acids is 2. The maximum absolute atomic E-state index is 12.7. The zero-order valence-corrected chi connectivity index (χ0v) is 18.9. The molecule has 0 fully saturated rings. The minimum atomic E-state index is -0.0766. The zero-order chi connectivity index (χ0) is 21.7. The van der Waals surface area contributed by atoms with Crippen LogP contribution in [-0.4, -0.2) is 17.9 Å². The number of para-hydroxylation sites is 1. The predicted octanol–water partition coefficient (Wildman–Crippen LogP) is 6.34. The Kier molecular flexibility index (Phi) is 7.29. The van der Waals surface area contributed by atoms with Gasteiger partial charge in [-0.15, -0.1) is 11.3 Å². The molecule has 2 aromatic carbocycles. The van der Waals surface area contributed by atoms with Crippen molar-refractivity contribution in [3.63, 3.8) is 0 Å². The number of nitrogens with zero attached hydrogens (tertiary/aromatic N) is 1. The Labute approximate surface area is 186 Å². The monoisotopic (exact) mass is 440 g/mol. The molecule has 1 aliphatic heterocycles. The molecule has 1 aromatic heterocycles. The summed E-state index contributed by atoms with van der Waals surface area (Å²) in [7, 11) is 0. The third-order valence-corrected chi connectivity index (χ3v) is 6.10. The molecule has 4 nitrogen and oxygen atoms in total. The standard InChI is InChI=1S/C16H17NOS.C8H8ClNO/c1-11-7-9-13-5-3-4-6-14(13)17(11)16(18)15-10-8-12(2)19-15;1-6(11)10-8-4-2-7(9)3-5-8/h3-6,8,10-11H,7,9H2,1-2H3;2-5H,1H3,(H,10,11)/t11-;/m0./s1. The van der Waals surface area contributed by atoms with Crippen molar-refractivity contribution in [1.29, 1.82) is 0 Å². The average Bonchev–Trinajstić information content (AvgIpc) is 3.16. The molecule has 0 unspecified atom stereocenters. The van der Waals surface area contributed by atoms with E-state index in [-0.39, 0.29) is 17.9 Å². The Morgan fingerprint density at radius 1 is 1.07 bits per heavy atom. The number of hydrogen-bond donors (Lipinski definition) is 1. The molecular formula is C24H25ClN2O2S. The van der Waals surface area contributed by atoms with Gasteiger partial charge in [-0.1, -0.05) is 29.8 Å². The first-order valence-corrected chi connectivity index (χ1v) is 11.1. The van der Waals surface area contributed by atoms with Gasteiger partial charge in [0.05, 0.1) is 4.88 Å². The van der Waals surface area contributed by atoms with Crippen LogP contribution in [-0.2, 0) is 11.2 Å². The van der Waals surface area contributed by atoms with Crippen LogP contribution in [0.2, 0.25) is 5.02 Å². The van der Waals surface area contributed by atoms with Crippen molar-refractivity contribution >= 4 is 46.1 Å². The van der Waals surface area contributed by atoms with Crippen LogP contribution in [0, 0.1) is 6.92 Å². The molecule has 156 valence electrons. The summed E-state index contributed by atoms with van der Waals surface area (Å²) in [6.07, 6.45) is 2.09. The summed E-state index contributed by atoms with van der Waals surface area (Å²) in [4.78, 5) is 27.3. The van der Waals surface area contributed by atoms with Crippen molar-refractivity contribution in [2.45, 2.75) is 39.7 Å². The van der Waals surface area contributed by atoms with E-state index in [1.165, 1.54) is 17.4 Å². The van der Waals surface area contributed by atoms with E-state index in [1.54, 1.807) is 35.6 Å². The fourth-order valence-corrected chi connectivity index (χ4v) is 4.33. The van der Waals surface area contributed by atoms with Gasteiger partial charge in [0.25, 0.3) is 5.91 Å². The Balaban J connectivity index is 0.000000199. The first-order chi connectivity index (χ1) is 14.3. The maximum atomic E-state index is 12.7. The highest BCUT2D eigenvalue weighted by molar-refractivity contribution is 7.14. The van der Waals surface area contributed by atoms with E-state index in [0.717, 1.165) is 29.1 Å². The lowest BCUT2D eigenvalue weighted by molar-refractivity contribution is -0.114. The fourth-order valence-electron chi connectivity index (χ4n) is 3.40. The number of rotatable bonds is 2. The first-order valence-electron chi connectivity index (χ1n) is 9.86. The summed E-state index contributed by atoms with van der Waals surface area (Å²) in [6.45, 7) is 5.64. The summed E-state index contributed by atoms with van der Waals surface area (Å²) in [5.74, 6) is 0.0603. The minimum absolute atomic E-state index is 0.0766. The minimum Gasteiger partial charge on any atom is -0.326 e. The van der Waals surface area contributed by atoms with E-state index in [4.69, 9.17) is 11.6 Å². The summed E-state index contributed by atoms with van der Waals surface area (Å²) in [5.41, 5.74) is 3.13. The molecule has 0 radical (unpaired) electrons. The number of thiophene rings is 1. The lowest BCUT2D eigenvalue weighted by Gasteiger charge is -2.35. The van der Waals surface area contributed by atoms with Crippen LogP contribution in [0.4, 0.5) is 11.4 Å². The van der Waals surface area contributed by atoms with Gasteiger partial charge in [-0.3, -0.25) is 9.59 Å². The molecule has 6 heteroatoms. The van der Waals surface area contributed by atoms with Gasteiger partial charge in [0.15, 0.2) is 0 Å². The third kappa shape index (κ3) is 5.49. The summed E-state index contributed by atoms with van der Waals surface area (Å²) in [6, 6.07) is 19.4. The summed E-state index contributed by atoms with van der Waals surface area (Å²) < 4.78 is 0. The largest absolute Gasteiger partial charge is 0.326 e. The topological polar surface area (TPSA) is 49.4 Å². The maximum Gasteiger partial charge on any atom is 0.268 e. The van der Waals surface area contributed by atoms with Crippen molar-refractivity contribution < 1.29 is 9.59 Å². The average molecular weight is 441 g/mol. The first kappa shape index (κ1) is 22.1. The lowest BCUT2D eigenvalue weighted by atomic mass is 9.96. The van der Waals surface area contributed by atoms with Crippen molar-refractivity contribution in [3.05, 3.63) is 81.0 Å². The molecule has 0 saturated heterocycles. The molecule has 0 spiro atoms. The number of fused-ring (bicyclic) bond motifs is 1. The van der Waals surface area contributed by atoms with Gasteiger partial charge in [-0.25, -0.2) is 0 Å². The van der Waals surface area contributed by atoms with Crippen molar-refractivity contribution in [1.82, 2.24) is 0 Å².